The van der Waals surface area contributed by atoms with E-state index < -0.39 is 0 Å². The lowest BCUT2D eigenvalue weighted by Gasteiger charge is -2.03. The molecule has 1 aliphatic heterocycles. The number of imidazole rings is 1. The van der Waals surface area contributed by atoms with Gasteiger partial charge in [-0.1, -0.05) is 36.4 Å². The summed E-state index contributed by atoms with van der Waals surface area (Å²) < 4.78 is 0. The van der Waals surface area contributed by atoms with Crippen LogP contribution >= 0.6 is 0 Å². The van der Waals surface area contributed by atoms with Crippen LogP contribution in [0, 0.1) is 0 Å². The predicted molar refractivity (Wildman–Crippen MR) is 81.9 cm³/mol. The number of hydrogen-bond acceptors (Lipinski definition) is 2. The van der Waals surface area contributed by atoms with E-state index in [0.29, 0.717) is 13.0 Å². The average molecular weight is 277 g/mol. The lowest BCUT2D eigenvalue weighted by Crippen LogP contribution is -2.13. The Kier molecular flexibility index (Phi) is 2.74. The van der Waals surface area contributed by atoms with Gasteiger partial charge in [0.05, 0.1) is 11.9 Å². The highest BCUT2D eigenvalue weighted by atomic mass is 16.1. The molecule has 1 fully saturated rings. The molecule has 2 heterocycles. The van der Waals surface area contributed by atoms with Crippen molar-refractivity contribution in [2.24, 2.45) is 0 Å². The maximum absolute atomic E-state index is 11.3. The number of fused-ring (bicyclic) bond motifs is 1. The van der Waals surface area contributed by atoms with Gasteiger partial charge in [0.2, 0.25) is 5.91 Å². The molecule has 0 spiro atoms. The number of aromatic amines is 1. The molecule has 4 nitrogen and oxygen atoms in total. The zero-order valence-electron chi connectivity index (χ0n) is 11.5. The Morgan fingerprint density at radius 1 is 1.10 bits per heavy atom. The van der Waals surface area contributed by atoms with Crippen molar-refractivity contribution in [3.8, 4) is 11.3 Å². The van der Waals surface area contributed by atoms with Crippen LogP contribution in [0.25, 0.3) is 22.0 Å². The van der Waals surface area contributed by atoms with Gasteiger partial charge in [0.25, 0.3) is 0 Å². The minimum Gasteiger partial charge on any atom is -0.355 e. The highest BCUT2D eigenvalue weighted by Crippen LogP contribution is 2.26. The predicted octanol–water partition coefficient (Wildman–Crippen LogP) is 2.83. The summed E-state index contributed by atoms with van der Waals surface area (Å²) in [6, 6.07) is 14.7. The normalized spacial score (nSPS) is 18.1. The fourth-order valence-corrected chi connectivity index (χ4v) is 2.85. The first kappa shape index (κ1) is 12.1. The van der Waals surface area contributed by atoms with E-state index in [-0.39, 0.29) is 11.8 Å². The SMILES string of the molecule is O=C1CC(c2ncc(-c3ccc4ccccc4c3)[nH]2)CN1. The number of carbonyl (C=O) groups excluding carboxylic acids is 1. The number of aromatic nitrogens is 2. The third-order valence-corrected chi connectivity index (χ3v) is 4.02. The zero-order chi connectivity index (χ0) is 14.2. The standard InChI is InChI=1S/C17H15N3O/c21-16-8-14(9-18-16)17-19-10-15(20-17)13-6-5-11-3-1-2-4-12(11)7-13/h1-7,10,14H,8-9H2,(H,18,21)(H,19,20). The molecule has 3 aromatic rings. The minimum absolute atomic E-state index is 0.101. The van der Waals surface area contributed by atoms with Crippen molar-refractivity contribution < 1.29 is 4.79 Å². The molecule has 21 heavy (non-hydrogen) atoms. The van der Waals surface area contributed by atoms with Crippen LogP contribution in [0.4, 0.5) is 0 Å². The number of benzene rings is 2. The van der Waals surface area contributed by atoms with E-state index in [1.807, 2.05) is 18.3 Å². The number of nitrogens with one attached hydrogen (secondary N) is 2. The molecule has 1 aliphatic rings. The van der Waals surface area contributed by atoms with E-state index >= 15 is 0 Å². The van der Waals surface area contributed by atoms with Crippen molar-refractivity contribution in [3.05, 3.63) is 54.5 Å². The molecule has 1 aromatic heterocycles. The molecule has 1 unspecified atom stereocenters. The van der Waals surface area contributed by atoms with Gasteiger partial charge in [0, 0.05) is 24.4 Å². The van der Waals surface area contributed by atoms with Crippen LogP contribution in [0.2, 0.25) is 0 Å². The van der Waals surface area contributed by atoms with Crippen LogP contribution in [0.5, 0.6) is 0 Å². The van der Waals surface area contributed by atoms with Crippen LogP contribution in [0.1, 0.15) is 18.2 Å². The molecule has 1 atom stereocenters. The molecular weight excluding hydrogens is 262 g/mol. The van der Waals surface area contributed by atoms with Crippen molar-refractivity contribution >= 4 is 16.7 Å². The number of carbonyl (C=O) groups is 1. The zero-order valence-corrected chi connectivity index (χ0v) is 11.5. The fourth-order valence-electron chi connectivity index (χ4n) is 2.85. The molecule has 0 radical (unpaired) electrons. The van der Waals surface area contributed by atoms with Gasteiger partial charge in [-0.3, -0.25) is 4.79 Å². The van der Waals surface area contributed by atoms with Gasteiger partial charge >= 0.3 is 0 Å². The smallest absolute Gasteiger partial charge is 0.220 e. The second kappa shape index (κ2) is 4.74. The highest BCUT2D eigenvalue weighted by Gasteiger charge is 2.25. The summed E-state index contributed by atoms with van der Waals surface area (Å²) in [5, 5.41) is 5.28. The number of hydrogen-bond donors (Lipinski definition) is 2. The third-order valence-electron chi connectivity index (χ3n) is 4.02. The first-order chi connectivity index (χ1) is 10.3. The topological polar surface area (TPSA) is 57.8 Å². The second-order valence-electron chi connectivity index (χ2n) is 5.45. The summed E-state index contributed by atoms with van der Waals surface area (Å²) in [5.41, 5.74) is 2.11. The maximum Gasteiger partial charge on any atom is 0.220 e. The van der Waals surface area contributed by atoms with Gasteiger partial charge in [-0.05, 0) is 16.8 Å². The van der Waals surface area contributed by atoms with E-state index in [1.165, 1.54) is 10.8 Å². The van der Waals surface area contributed by atoms with Crippen LogP contribution in [0.15, 0.2) is 48.7 Å². The molecule has 1 amide bonds. The van der Waals surface area contributed by atoms with Crippen molar-refractivity contribution in [2.45, 2.75) is 12.3 Å². The molecule has 0 aliphatic carbocycles. The summed E-state index contributed by atoms with van der Waals surface area (Å²) >= 11 is 0. The molecule has 4 heteroatoms. The molecule has 0 bridgehead atoms. The van der Waals surface area contributed by atoms with Gasteiger partial charge in [-0.15, -0.1) is 0 Å². The van der Waals surface area contributed by atoms with Gasteiger partial charge in [0.15, 0.2) is 0 Å². The summed E-state index contributed by atoms with van der Waals surface area (Å²) in [7, 11) is 0. The summed E-state index contributed by atoms with van der Waals surface area (Å²) in [4.78, 5) is 19.1. The lowest BCUT2D eigenvalue weighted by atomic mass is 10.1. The molecule has 0 saturated carbocycles. The minimum atomic E-state index is 0.101. The second-order valence-corrected chi connectivity index (χ2v) is 5.45. The Bertz CT molecular complexity index is 822. The van der Waals surface area contributed by atoms with Crippen LogP contribution in [0.3, 0.4) is 0 Å². The Morgan fingerprint density at radius 2 is 1.95 bits per heavy atom. The van der Waals surface area contributed by atoms with Crippen molar-refractivity contribution in [3.63, 3.8) is 0 Å². The molecule has 2 aromatic carbocycles. The van der Waals surface area contributed by atoms with E-state index in [4.69, 9.17) is 0 Å². The first-order valence-corrected chi connectivity index (χ1v) is 7.10. The van der Waals surface area contributed by atoms with E-state index in [2.05, 4.69) is 45.6 Å². The number of nitrogens with zero attached hydrogens (tertiary/aromatic N) is 1. The van der Waals surface area contributed by atoms with Crippen LogP contribution < -0.4 is 5.32 Å². The number of amides is 1. The largest absolute Gasteiger partial charge is 0.355 e. The summed E-state index contributed by atoms with van der Waals surface area (Å²) in [6.07, 6.45) is 2.37. The van der Waals surface area contributed by atoms with Crippen molar-refractivity contribution in [2.75, 3.05) is 6.54 Å². The Morgan fingerprint density at radius 3 is 2.76 bits per heavy atom. The molecule has 104 valence electrons. The third kappa shape index (κ3) is 2.18. The van der Waals surface area contributed by atoms with Gasteiger partial charge in [0.1, 0.15) is 5.82 Å². The Balaban J connectivity index is 1.69. The van der Waals surface area contributed by atoms with Gasteiger partial charge in [-0.2, -0.15) is 0 Å². The molecular formula is C17H15N3O. The van der Waals surface area contributed by atoms with Crippen LogP contribution in [-0.2, 0) is 4.79 Å². The van der Waals surface area contributed by atoms with Crippen LogP contribution in [-0.4, -0.2) is 22.4 Å². The van der Waals surface area contributed by atoms with Gasteiger partial charge < -0.3 is 10.3 Å². The molecule has 1 saturated heterocycles. The molecule has 4 rings (SSSR count). The number of H-pyrrole nitrogens is 1. The fraction of sp³-hybridized carbons (Fsp3) is 0.176. The van der Waals surface area contributed by atoms with Crippen molar-refractivity contribution in [1.29, 1.82) is 0 Å². The highest BCUT2D eigenvalue weighted by molar-refractivity contribution is 5.86. The summed E-state index contributed by atoms with van der Waals surface area (Å²) in [6.45, 7) is 0.670. The lowest BCUT2D eigenvalue weighted by molar-refractivity contribution is -0.119. The summed E-state index contributed by atoms with van der Waals surface area (Å²) in [5.74, 6) is 1.15. The Labute approximate surface area is 122 Å². The van der Waals surface area contributed by atoms with E-state index in [1.54, 1.807) is 0 Å². The first-order valence-electron chi connectivity index (χ1n) is 7.10. The number of rotatable bonds is 2. The quantitative estimate of drug-likeness (QED) is 0.756. The average Bonchev–Trinajstić information content (AvgIpc) is 3.15. The van der Waals surface area contributed by atoms with Gasteiger partial charge in [-0.25, -0.2) is 4.98 Å². The van der Waals surface area contributed by atoms with E-state index in [0.717, 1.165) is 17.1 Å². The van der Waals surface area contributed by atoms with Crippen molar-refractivity contribution in [1.82, 2.24) is 15.3 Å². The maximum atomic E-state index is 11.3. The van der Waals surface area contributed by atoms with E-state index in [9.17, 15) is 4.79 Å². The monoisotopic (exact) mass is 277 g/mol. The Hall–Kier alpha value is -2.62. The molecule has 2 N–H and O–H groups in total.